The summed E-state index contributed by atoms with van der Waals surface area (Å²) < 4.78 is 13.6. The number of aromatic nitrogens is 2. The number of benzene rings is 1. The Bertz CT molecular complexity index is 923. The van der Waals surface area contributed by atoms with Gasteiger partial charge in [-0.3, -0.25) is 14.9 Å². The van der Waals surface area contributed by atoms with Gasteiger partial charge in [0.2, 0.25) is 17.7 Å². The molecule has 2 N–H and O–H groups in total. The first-order valence-electron chi connectivity index (χ1n) is 9.46. The van der Waals surface area contributed by atoms with E-state index in [1.165, 1.54) is 13.0 Å². The van der Waals surface area contributed by atoms with E-state index in [4.69, 9.17) is 0 Å². The van der Waals surface area contributed by atoms with E-state index in [9.17, 15) is 19.3 Å². The fraction of sp³-hybridized carbons (Fsp3) is 0.421. The van der Waals surface area contributed by atoms with Gasteiger partial charge < -0.3 is 15.5 Å². The van der Waals surface area contributed by atoms with Crippen molar-refractivity contribution in [2.45, 2.75) is 39.2 Å². The zero-order valence-electron chi connectivity index (χ0n) is 16.3. The molecule has 0 radical (unpaired) electrons. The predicted molar refractivity (Wildman–Crippen MR) is 107 cm³/mol. The summed E-state index contributed by atoms with van der Waals surface area (Å²) in [7, 11) is 0. The van der Waals surface area contributed by atoms with Crippen LogP contribution in [0.5, 0.6) is 0 Å². The van der Waals surface area contributed by atoms with Gasteiger partial charge in [0, 0.05) is 49.6 Å². The first-order chi connectivity index (χ1) is 13.9. The second-order valence-corrected chi connectivity index (χ2v) is 6.97. The average Bonchev–Trinajstić information content (AvgIpc) is 3.11. The van der Waals surface area contributed by atoms with Crippen molar-refractivity contribution < 1.29 is 14.1 Å². The lowest BCUT2D eigenvalue weighted by Crippen LogP contribution is -2.35. The third-order valence-electron chi connectivity index (χ3n) is 4.59. The van der Waals surface area contributed by atoms with E-state index in [2.05, 4.69) is 25.5 Å². The Morgan fingerprint density at radius 2 is 2.17 bits per heavy atom. The Hall–Kier alpha value is -3.30. The van der Waals surface area contributed by atoms with E-state index in [0.29, 0.717) is 12.2 Å². The van der Waals surface area contributed by atoms with Crippen LogP contribution in [0.25, 0.3) is 0 Å². The number of nitrogens with zero attached hydrogens (tertiary/aromatic N) is 4. The summed E-state index contributed by atoms with van der Waals surface area (Å²) in [5.74, 6) is 0.0414. The maximum atomic E-state index is 13.6. The Balaban J connectivity index is 1.85. The van der Waals surface area contributed by atoms with Gasteiger partial charge in [-0.05, 0) is 25.0 Å². The zero-order valence-corrected chi connectivity index (χ0v) is 16.3. The monoisotopic (exact) mass is 402 g/mol. The highest BCUT2D eigenvalue weighted by molar-refractivity contribution is 5.73. The Morgan fingerprint density at radius 3 is 2.86 bits per heavy atom. The molecule has 2 heterocycles. The molecule has 1 fully saturated rings. The minimum Gasteiger partial charge on any atom is -0.354 e. The molecule has 0 aliphatic carbocycles. The Morgan fingerprint density at radius 1 is 1.38 bits per heavy atom. The quantitative estimate of drug-likeness (QED) is 0.541. The lowest BCUT2D eigenvalue weighted by Gasteiger charge is -2.19. The maximum Gasteiger partial charge on any atom is 0.306 e. The number of aryl methyl sites for hydroxylation is 1. The third kappa shape index (κ3) is 5.15. The van der Waals surface area contributed by atoms with E-state index >= 15 is 0 Å². The predicted octanol–water partition coefficient (Wildman–Crippen LogP) is 2.93. The van der Waals surface area contributed by atoms with Crippen LogP contribution in [0.1, 0.15) is 32.4 Å². The van der Waals surface area contributed by atoms with Gasteiger partial charge in [0.15, 0.2) is 0 Å². The molecule has 154 valence electrons. The van der Waals surface area contributed by atoms with Crippen molar-refractivity contribution in [1.82, 2.24) is 15.3 Å². The van der Waals surface area contributed by atoms with Gasteiger partial charge in [-0.2, -0.15) is 9.37 Å². The highest BCUT2D eigenvalue weighted by atomic mass is 19.1. The largest absolute Gasteiger partial charge is 0.354 e. The van der Waals surface area contributed by atoms with E-state index in [0.717, 1.165) is 49.5 Å². The van der Waals surface area contributed by atoms with Crippen molar-refractivity contribution in [2.24, 2.45) is 0 Å². The first kappa shape index (κ1) is 20.4. The molecule has 9 nitrogen and oxygen atoms in total. The molecular formula is C19H23FN6O3. The Kier molecular flexibility index (Phi) is 6.20. The summed E-state index contributed by atoms with van der Waals surface area (Å²) in [4.78, 5) is 32.6. The van der Waals surface area contributed by atoms with E-state index in [-0.39, 0.29) is 17.9 Å². The summed E-state index contributed by atoms with van der Waals surface area (Å²) >= 11 is 0. The molecule has 29 heavy (non-hydrogen) atoms. The molecule has 1 saturated heterocycles. The molecule has 1 aromatic carbocycles. The molecule has 0 saturated carbocycles. The van der Waals surface area contributed by atoms with Crippen molar-refractivity contribution in [1.29, 1.82) is 0 Å². The van der Waals surface area contributed by atoms with Crippen LogP contribution in [0.3, 0.4) is 0 Å². The molecule has 1 atom stereocenters. The molecule has 0 unspecified atom stereocenters. The van der Waals surface area contributed by atoms with Crippen LogP contribution >= 0.6 is 0 Å². The normalized spacial score (nSPS) is 16.0. The number of carbonyl (C=O) groups excluding carboxylic acids is 1. The second-order valence-electron chi connectivity index (χ2n) is 6.97. The van der Waals surface area contributed by atoms with Crippen molar-refractivity contribution in [3.63, 3.8) is 0 Å². The molecule has 10 heteroatoms. The lowest BCUT2D eigenvalue weighted by atomic mass is 10.2. The van der Waals surface area contributed by atoms with Gasteiger partial charge in [-0.1, -0.05) is 13.3 Å². The minimum absolute atomic E-state index is 0.0632. The van der Waals surface area contributed by atoms with E-state index in [1.807, 2.05) is 13.0 Å². The SMILES string of the molecule is CCCc1cc(N2CC[C@H](NC(C)=O)C2)nc(Nc2ccc(F)c([N+](=O)[O-])c2)n1. The lowest BCUT2D eigenvalue weighted by molar-refractivity contribution is -0.387. The van der Waals surface area contributed by atoms with E-state index < -0.39 is 16.4 Å². The smallest absolute Gasteiger partial charge is 0.306 e. The van der Waals surface area contributed by atoms with Crippen molar-refractivity contribution in [3.05, 3.63) is 45.9 Å². The van der Waals surface area contributed by atoms with Gasteiger partial charge in [0.25, 0.3) is 0 Å². The summed E-state index contributed by atoms with van der Waals surface area (Å²) in [5.41, 5.74) is 0.549. The number of anilines is 3. The minimum atomic E-state index is -0.900. The molecule has 1 amide bonds. The standard InChI is InChI=1S/C19H23FN6O3/c1-3-4-13-10-18(25-8-7-15(11-25)21-12(2)27)24-19(22-13)23-14-5-6-16(20)17(9-14)26(28)29/h5-6,9-10,15H,3-4,7-8,11H2,1-2H3,(H,21,27)(H,22,23,24)/t15-/m0/s1. The molecule has 2 aromatic rings. The topological polar surface area (TPSA) is 113 Å². The van der Waals surface area contributed by atoms with Crippen LogP contribution in [0.15, 0.2) is 24.3 Å². The molecule has 3 rings (SSSR count). The number of nitrogens with one attached hydrogen (secondary N) is 2. The number of rotatable bonds is 7. The summed E-state index contributed by atoms with van der Waals surface area (Å²) in [6.07, 6.45) is 2.46. The summed E-state index contributed by atoms with van der Waals surface area (Å²) in [6, 6.07) is 5.54. The number of hydrogen-bond acceptors (Lipinski definition) is 7. The number of nitro groups is 1. The van der Waals surface area contributed by atoms with Crippen LogP contribution < -0.4 is 15.5 Å². The highest BCUT2D eigenvalue weighted by Crippen LogP contribution is 2.26. The van der Waals surface area contributed by atoms with Crippen LogP contribution in [0, 0.1) is 15.9 Å². The fourth-order valence-electron chi connectivity index (χ4n) is 3.32. The number of hydrogen-bond donors (Lipinski definition) is 2. The van der Waals surface area contributed by atoms with Crippen molar-refractivity contribution in [2.75, 3.05) is 23.3 Å². The van der Waals surface area contributed by atoms with Gasteiger partial charge in [-0.25, -0.2) is 4.98 Å². The van der Waals surface area contributed by atoms with Crippen LogP contribution in [-0.2, 0) is 11.2 Å². The number of carbonyl (C=O) groups is 1. The van der Waals surface area contributed by atoms with Crippen LogP contribution in [0.4, 0.5) is 27.5 Å². The van der Waals surface area contributed by atoms with Crippen LogP contribution in [0.2, 0.25) is 0 Å². The van der Waals surface area contributed by atoms with Gasteiger partial charge >= 0.3 is 5.69 Å². The van der Waals surface area contributed by atoms with E-state index in [1.54, 1.807) is 0 Å². The average molecular weight is 402 g/mol. The molecular weight excluding hydrogens is 379 g/mol. The maximum absolute atomic E-state index is 13.6. The summed E-state index contributed by atoms with van der Waals surface area (Å²) in [6.45, 7) is 4.93. The molecule has 1 aliphatic heterocycles. The number of halogens is 1. The highest BCUT2D eigenvalue weighted by Gasteiger charge is 2.25. The van der Waals surface area contributed by atoms with Gasteiger partial charge in [0.1, 0.15) is 5.82 Å². The van der Waals surface area contributed by atoms with Crippen molar-refractivity contribution in [3.8, 4) is 0 Å². The molecule has 0 spiro atoms. The second kappa shape index (κ2) is 8.80. The van der Waals surface area contributed by atoms with Gasteiger partial charge in [-0.15, -0.1) is 0 Å². The first-order valence-corrected chi connectivity index (χ1v) is 9.46. The molecule has 1 aliphatic rings. The Labute approximate surface area is 167 Å². The summed E-state index contributed by atoms with van der Waals surface area (Å²) in [5, 5.41) is 16.8. The molecule has 1 aromatic heterocycles. The van der Waals surface area contributed by atoms with Crippen molar-refractivity contribution >= 4 is 29.0 Å². The number of nitro benzene ring substituents is 1. The zero-order chi connectivity index (χ0) is 21.0. The third-order valence-corrected chi connectivity index (χ3v) is 4.59. The van der Waals surface area contributed by atoms with Gasteiger partial charge in [0.05, 0.1) is 4.92 Å². The number of amides is 1. The molecule has 0 bridgehead atoms. The fourth-order valence-corrected chi connectivity index (χ4v) is 3.32. The van der Waals surface area contributed by atoms with Crippen LogP contribution in [-0.4, -0.2) is 39.9 Å².